The third kappa shape index (κ3) is 6.04. The molecule has 34 heavy (non-hydrogen) atoms. The van der Waals surface area contributed by atoms with E-state index in [0.29, 0.717) is 27.3 Å². The van der Waals surface area contributed by atoms with E-state index in [0.717, 1.165) is 0 Å². The largest absolute Gasteiger partial charge is 0.342 e. The van der Waals surface area contributed by atoms with E-state index < -0.39 is 11.0 Å². The summed E-state index contributed by atoms with van der Waals surface area (Å²) in [5.41, 5.74) is 1.31. The third-order valence-corrected chi connectivity index (χ3v) is 6.37. The van der Waals surface area contributed by atoms with E-state index in [1.807, 2.05) is 0 Å². The zero-order valence-corrected chi connectivity index (χ0v) is 20.7. The summed E-state index contributed by atoms with van der Waals surface area (Å²) in [4.78, 5) is 35.3. The van der Waals surface area contributed by atoms with Gasteiger partial charge in [-0.3, -0.25) is 19.7 Å². The van der Waals surface area contributed by atoms with E-state index in [1.54, 1.807) is 31.5 Å². The Labute approximate surface area is 209 Å². The van der Waals surface area contributed by atoms with Crippen molar-refractivity contribution in [1.82, 2.24) is 20.1 Å². The highest BCUT2D eigenvalue weighted by Crippen LogP contribution is 2.24. The Hall–Kier alpha value is -3.15. The molecule has 1 heterocycles. The van der Waals surface area contributed by atoms with Crippen molar-refractivity contribution in [2.75, 3.05) is 11.1 Å². The maximum Gasteiger partial charge on any atom is 0.269 e. The monoisotopic (exact) mass is 522 g/mol. The summed E-state index contributed by atoms with van der Waals surface area (Å²) in [7, 11) is 1.73. The normalized spacial score (nSPS) is 11.7. The zero-order valence-electron chi connectivity index (χ0n) is 18.3. The summed E-state index contributed by atoms with van der Waals surface area (Å²) in [5.74, 6) is -0.147. The van der Waals surface area contributed by atoms with E-state index in [1.165, 1.54) is 42.1 Å². The molecule has 10 nitrogen and oxygen atoms in total. The van der Waals surface area contributed by atoms with Crippen LogP contribution in [0, 0.1) is 17.0 Å². The molecule has 0 bridgehead atoms. The third-order valence-electron chi connectivity index (χ3n) is 4.81. The van der Waals surface area contributed by atoms with Gasteiger partial charge in [0.2, 0.25) is 5.91 Å². The summed E-state index contributed by atoms with van der Waals surface area (Å²) in [5, 5.41) is 25.8. The minimum atomic E-state index is -0.492. The van der Waals surface area contributed by atoms with Crippen LogP contribution in [0.3, 0.4) is 0 Å². The van der Waals surface area contributed by atoms with Crippen LogP contribution in [0.1, 0.15) is 34.7 Å². The predicted octanol–water partition coefficient (Wildman–Crippen LogP) is 4.56. The first-order valence-corrected chi connectivity index (χ1v) is 11.6. The molecule has 3 aromatic rings. The number of nitro groups is 1. The number of nitro benzene ring substituents is 1. The molecule has 0 aliphatic carbocycles. The fourth-order valence-electron chi connectivity index (χ4n) is 3.06. The first-order chi connectivity index (χ1) is 16.1. The Bertz CT molecular complexity index is 1270. The van der Waals surface area contributed by atoms with Crippen molar-refractivity contribution in [3.63, 3.8) is 0 Å². The van der Waals surface area contributed by atoms with Gasteiger partial charge in [0.25, 0.3) is 11.6 Å². The van der Waals surface area contributed by atoms with Gasteiger partial charge in [0, 0.05) is 29.9 Å². The standard InChI is InChI=1S/C21H20Cl2N6O4S/c1-11-8-14(29(32)33)5-7-17(11)25-18(30)10-34-21-27-26-19(28(21)3)12(2)24-20(31)15-6-4-13(22)9-16(15)23/h4-9,12H,10H2,1-3H3,(H,24,31)(H,25,30)/t12-/m1/s1. The van der Waals surface area contributed by atoms with Crippen molar-refractivity contribution >= 4 is 58.2 Å². The lowest BCUT2D eigenvalue weighted by Gasteiger charge is -2.14. The van der Waals surface area contributed by atoms with Crippen molar-refractivity contribution in [3.05, 3.63) is 73.5 Å². The van der Waals surface area contributed by atoms with E-state index in [-0.39, 0.29) is 33.8 Å². The molecule has 1 aromatic heterocycles. The molecule has 0 fully saturated rings. The molecule has 2 N–H and O–H groups in total. The summed E-state index contributed by atoms with van der Waals surface area (Å²) < 4.78 is 1.68. The highest BCUT2D eigenvalue weighted by atomic mass is 35.5. The lowest BCUT2D eigenvalue weighted by Crippen LogP contribution is -2.28. The van der Waals surface area contributed by atoms with Crippen molar-refractivity contribution < 1.29 is 14.5 Å². The van der Waals surface area contributed by atoms with Crippen LogP contribution >= 0.6 is 35.0 Å². The molecule has 0 aliphatic heterocycles. The minimum Gasteiger partial charge on any atom is -0.342 e. The lowest BCUT2D eigenvalue weighted by molar-refractivity contribution is -0.384. The summed E-state index contributed by atoms with van der Waals surface area (Å²) >= 11 is 13.1. The predicted molar refractivity (Wildman–Crippen MR) is 131 cm³/mol. The average Bonchev–Trinajstić information content (AvgIpc) is 3.13. The molecule has 2 amide bonds. The van der Waals surface area contributed by atoms with Gasteiger partial charge >= 0.3 is 0 Å². The van der Waals surface area contributed by atoms with E-state index in [2.05, 4.69) is 20.8 Å². The number of rotatable bonds is 8. The molecule has 13 heteroatoms. The summed E-state index contributed by atoms with van der Waals surface area (Å²) in [6, 6.07) is 8.34. The number of non-ortho nitro benzene ring substituents is 1. The van der Waals surface area contributed by atoms with Gasteiger partial charge < -0.3 is 15.2 Å². The number of benzene rings is 2. The van der Waals surface area contributed by atoms with Gasteiger partial charge in [-0.05, 0) is 43.7 Å². The van der Waals surface area contributed by atoms with Crippen LogP contribution in [0.4, 0.5) is 11.4 Å². The Balaban J connectivity index is 1.60. The number of amides is 2. The molecule has 178 valence electrons. The van der Waals surface area contributed by atoms with E-state index in [4.69, 9.17) is 23.2 Å². The van der Waals surface area contributed by atoms with Gasteiger partial charge in [-0.15, -0.1) is 10.2 Å². The van der Waals surface area contributed by atoms with Gasteiger partial charge in [-0.2, -0.15) is 0 Å². The SMILES string of the molecule is Cc1cc([N+](=O)[O-])ccc1NC(=O)CSc1nnc([C@@H](C)NC(=O)c2ccc(Cl)cc2Cl)n1C. The molecule has 2 aromatic carbocycles. The first kappa shape index (κ1) is 25.5. The number of aromatic nitrogens is 3. The maximum absolute atomic E-state index is 12.6. The Morgan fingerprint density at radius 1 is 1.21 bits per heavy atom. The minimum absolute atomic E-state index is 0.0452. The second kappa shape index (κ2) is 10.9. The quantitative estimate of drug-likeness (QED) is 0.251. The highest BCUT2D eigenvalue weighted by molar-refractivity contribution is 7.99. The molecular formula is C21H20Cl2N6O4S. The molecule has 1 atom stereocenters. The van der Waals surface area contributed by atoms with Crippen LogP contribution < -0.4 is 10.6 Å². The fourth-order valence-corrected chi connectivity index (χ4v) is 4.27. The van der Waals surface area contributed by atoms with Gasteiger partial charge in [-0.25, -0.2) is 0 Å². The van der Waals surface area contributed by atoms with Crippen LogP contribution in [-0.4, -0.2) is 37.3 Å². The second-order valence-corrected chi connectivity index (χ2v) is 9.10. The topological polar surface area (TPSA) is 132 Å². The Morgan fingerprint density at radius 3 is 2.59 bits per heavy atom. The highest BCUT2D eigenvalue weighted by Gasteiger charge is 2.20. The molecule has 0 spiro atoms. The fraction of sp³-hybridized carbons (Fsp3) is 0.238. The Morgan fingerprint density at radius 2 is 1.94 bits per heavy atom. The van der Waals surface area contributed by atoms with Gasteiger partial charge in [0.1, 0.15) is 0 Å². The molecule has 0 aliphatic rings. The number of nitrogens with zero attached hydrogens (tertiary/aromatic N) is 4. The number of halogens is 2. The van der Waals surface area contributed by atoms with Crippen LogP contribution in [0.2, 0.25) is 10.0 Å². The second-order valence-electron chi connectivity index (χ2n) is 7.31. The van der Waals surface area contributed by atoms with Crippen LogP contribution in [-0.2, 0) is 11.8 Å². The first-order valence-electron chi connectivity index (χ1n) is 9.89. The smallest absolute Gasteiger partial charge is 0.269 e. The molecule has 0 saturated carbocycles. The van der Waals surface area contributed by atoms with Crippen LogP contribution in [0.25, 0.3) is 0 Å². The van der Waals surface area contributed by atoms with Gasteiger partial charge in [-0.1, -0.05) is 35.0 Å². The number of thioether (sulfide) groups is 1. The maximum atomic E-state index is 12.6. The van der Waals surface area contributed by atoms with E-state index >= 15 is 0 Å². The number of anilines is 1. The summed E-state index contributed by atoms with van der Waals surface area (Å²) in [6.07, 6.45) is 0. The van der Waals surface area contributed by atoms with Crippen molar-refractivity contribution in [1.29, 1.82) is 0 Å². The van der Waals surface area contributed by atoms with Crippen molar-refractivity contribution in [2.24, 2.45) is 7.05 Å². The number of hydrogen-bond acceptors (Lipinski definition) is 7. The van der Waals surface area contributed by atoms with Crippen molar-refractivity contribution in [2.45, 2.75) is 25.0 Å². The average molecular weight is 523 g/mol. The molecule has 0 radical (unpaired) electrons. The van der Waals surface area contributed by atoms with Crippen LogP contribution in [0.5, 0.6) is 0 Å². The molecule has 3 rings (SSSR count). The number of carbonyl (C=O) groups is 2. The number of hydrogen-bond donors (Lipinski definition) is 2. The Kier molecular flexibility index (Phi) is 8.13. The zero-order chi connectivity index (χ0) is 25.0. The number of carbonyl (C=O) groups excluding carboxylic acids is 2. The van der Waals surface area contributed by atoms with Crippen molar-refractivity contribution in [3.8, 4) is 0 Å². The molecule has 0 unspecified atom stereocenters. The molecular weight excluding hydrogens is 503 g/mol. The van der Waals surface area contributed by atoms with Gasteiger partial charge in [0.05, 0.1) is 27.3 Å². The number of aryl methyl sites for hydroxylation is 1. The molecule has 0 saturated heterocycles. The van der Waals surface area contributed by atoms with Crippen LogP contribution in [0.15, 0.2) is 41.6 Å². The summed E-state index contributed by atoms with van der Waals surface area (Å²) in [6.45, 7) is 3.43. The number of nitrogens with one attached hydrogen (secondary N) is 2. The van der Waals surface area contributed by atoms with E-state index in [9.17, 15) is 19.7 Å². The van der Waals surface area contributed by atoms with Gasteiger partial charge in [0.15, 0.2) is 11.0 Å². The lowest BCUT2D eigenvalue weighted by atomic mass is 10.2.